The van der Waals surface area contributed by atoms with Crippen molar-refractivity contribution < 1.29 is 22.8 Å². The summed E-state index contributed by atoms with van der Waals surface area (Å²) in [5.41, 5.74) is -0.947. The number of nitrogens with zero attached hydrogens (tertiary/aromatic N) is 2. The molecule has 8 heteroatoms. The summed E-state index contributed by atoms with van der Waals surface area (Å²) in [6.07, 6.45) is -2.74. The zero-order chi connectivity index (χ0) is 19.2. The van der Waals surface area contributed by atoms with E-state index in [0.29, 0.717) is 6.54 Å². The molecule has 0 aliphatic heterocycles. The topological polar surface area (TPSA) is 40.6 Å². The summed E-state index contributed by atoms with van der Waals surface area (Å²) in [5, 5.41) is 0.0231. The monoisotopic (exact) mass is 378 g/mol. The predicted molar refractivity (Wildman–Crippen MR) is 91.6 cm³/mol. The molecule has 1 rings (SSSR count). The minimum atomic E-state index is -4.54. The van der Waals surface area contributed by atoms with Crippen LogP contribution >= 0.6 is 11.6 Å². The fourth-order valence-corrected chi connectivity index (χ4v) is 2.48. The van der Waals surface area contributed by atoms with Crippen LogP contribution in [0.3, 0.4) is 0 Å². The number of carbonyl (C=O) groups excluding carboxylic acids is 2. The molecule has 0 N–H and O–H groups in total. The Hall–Kier alpha value is -1.76. The van der Waals surface area contributed by atoms with Gasteiger partial charge in [-0.3, -0.25) is 9.59 Å². The summed E-state index contributed by atoms with van der Waals surface area (Å²) in [6, 6.07) is 2.79. The fraction of sp³-hybridized carbons (Fsp3) is 0.529. The van der Waals surface area contributed by atoms with Gasteiger partial charge in [-0.15, -0.1) is 0 Å². The highest BCUT2D eigenvalue weighted by molar-refractivity contribution is 6.33. The minimum absolute atomic E-state index is 0.00632. The molecule has 0 fully saturated rings. The van der Waals surface area contributed by atoms with Gasteiger partial charge in [0, 0.05) is 33.5 Å². The number of amides is 2. The van der Waals surface area contributed by atoms with Crippen molar-refractivity contribution in [3.05, 3.63) is 28.8 Å². The van der Waals surface area contributed by atoms with E-state index in [9.17, 15) is 22.8 Å². The van der Waals surface area contributed by atoms with Crippen molar-refractivity contribution in [2.24, 2.45) is 0 Å². The van der Waals surface area contributed by atoms with E-state index in [1.165, 1.54) is 6.92 Å². The van der Waals surface area contributed by atoms with Gasteiger partial charge in [0.2, 0.25) is 11.8 Å². The molecule has 2 amide bonds. The third-order valence-electron chi connectivity index (χ3n) is 3.77. The lowest BCUT2D eigenvalue weighted by atomic mass is 10.1. The molecule has 0 saturated heterocycles. The first kappa shape index (κ1) is 21.3. The van der Waals surface area contributed by atoms with Crippen LogP contribution in [0.15, 0.2) is 18.2 Å². The van der Waals surface area contributed by atoms with Crippen LogP contribution in [-0.2, 0) is 15.8 Å². The van der Waals surface area contributed by atoms with Gasteiger partial charge in [-0.05, 0) is 24.6 Å². The van der Waals surface area contributed by atoms with Crippen LogP contribution in [0.25, 0.3) is 0 Å². The first-order valence-electron chi connectivity index (χ1n) is 7.96. The maximum atomic E-state index is 12.9. The van der Waals surface area contributed by atoms with Crippen LogP contribution in [0.2, 0.25) is 5.02 Å². The molecule has 0 spiro atoms. The fourth-order valence-electron chi connectivity index (χ4n) is 2.26. The third-order valence-corrected chi connectivity index (χ3v) is 4.09. The second-order valence-corrected chi connectivity index (χ2v) is 6.16. The van der Waals surface area contributed by atoms with E-state index in [4.69, 9.17) is 11.6 Å². The van der Waals surface area contributed by atoms with Gasteiger partial charge in [-0.25, -0.2) is 0 Å². The van der Waals surface area contributed by atoms with Crippen LogP contribution in [0, 0.1) is 0 Å². The summed E-state index contributed by atoms with van der Waals surface area (Å²) in [6.45, 7) is 3.79. The average Bonchev–Trinajstić information content (AvgIpc) is 2.52. The molecular formula is C17H22ClF3N2O2. The lowest BCUT2D eigenvalue weighted by Crippen LogP contribution is -2.35. The Balaban J connectivity index is 2.94. The average molecular weight is 379 g/mol. The van der Waals surface area contributed by atoms with E-state index in [1.54, 1.807) is 11.9 Å². The highest BCUT2D eigenvalue weighted by Gasteiger charge is 2.32. The number of unbranched alkanes of at least 4 members (excludes halogenated alkanes) is 1. The number of alkyl halides is 3. The van der Waals surface area contributed by atoms with Gasteiger partial charge in [0.1, 0.15) is 0 Å². The third kappa shape index (κ3) is 6.23. The molecule has 1 aromatic carbocycles. The standard InChI is InChI=1S/C17H22ClF3N2O2/c1-4-5-9-22(3)16(25)8-10-23(12(2)24)15-11-13(17(19,20)21)6-7-14(15)18/h6-7,11H,4-5,8-10H2,1-3H3. The zero-order valence-electron chi connectivity index (χ0n) is 14.5. The normalized spacial score (nSPS) is 11.3. The number of carbonyl (C=O) groups is 2. The van der Waals surface area contributed by atoms with Crippen molar-refractivity contribution in [1.82, 2.24) is 4.90 Å². The van der Waals surface area contributed by atoms with Gasteiger partial charge in [0.15, 0.2) is 0 Å². The van der Waals surface area contributed by atoms with Crippen molar-refractivity contribution in [3.8, 4) is 0 Å². The second kappa shape index (κ2) is 9.08. The Labute approximate surface area is 150 Å². The van der Waals surface area contributed by atoms with E-state index < -0.39 is 17.6 Å². The largest absolute Gasteiger partial charge is 0.416 e. The zero-order valence-corrected chi connectivity index (χ0v) is 15.2. The Morgan fingerprint density at radius 3 is 2.36 bits per heavy atom. The quantitative estimate of drug-likeness (QED) is 0.707. The van der Waals surface area contributed by atoms with Crippen LogP contribution < -0.4 is 4.90 Å². The van der Waals surface area contributed by atoms with Crippen LogP contribution in [0.4, 0.5) is 18.9 Å². The Bertz CT molecular complexity index is 620. The molecule has 0 heterocycles. The highest BCUT2D eigenvalue weighted by Crippen LogP contribution is 2.35. The maximum absolute atomic E-state index is 12.9. The molecule has 0 radical (unpaired) electrons. The number of hydrogen-bond acceptors (Lipinski definition) is 2. The van der Waals surface area contributed by atoms with Crippen molar-refractivity contribution >= 4 is 29.1 Å². The predicted octanol–water partition coefficient (Wildman–Crippen LogP) is 4.36. The van der Waals surface area contributed by atoms with Crippen molar-refractivity contribution in [2.45, 2.75) is 39.3 Å². The number of halogens is 4. The van der Waals surface area contributed by atoms with Gasteiger partial charge in [0.25, 0.3) is 0 Å². The minimum Gasteiger partial charge on any atom is -0.346 e. The smallest absolute Gasteiger partial charge is 0.346 e. The summed E-state index contributed by atoms with van der Waals surface area (Å²) in [5.74, 6) is -0.659. The lowest BCUT2D eigenvalue weighted by Gasteiger charge is -2.24. The Kier molecular flexibility index (Phi) is 7.73. The van der Waals surface area contributed by atoms with Gasteiger partial charge in [0.05, 0.1) is 16.3 Å². The summed E-state index contributed by atoms with van der Waals surface area (Å²) < 4.78 is 38.7. The van der Waals surface area contributed by atoms with Crippen molar-refractivity contribution in [1.29, 1.82) is 0 Å². The molecule has 0 atom stereocenters. The van der Waals surface area contributed by atoms with E-state index >= 15 is 0 Å². The molecular weight excluding hydrogens is 357 g/mol. The first-order valence-corrected chi connectivity index (χ1v) is 8.34. The summed E-state index contributed by atoms with van der Waals surface area (Å²) in [4.78, 5) is 26.6. The number of hydrogen-bond donors (Lipinski definition) is 0. The van der Waals surface area contributed by atoms with E-state index in [0.717, 1.165) is 35.9 Å². The molecule has 0 aromatic heterocycles. The maximum Gasteiger partial charge on any atom is 0.416 e. The molecule has 0 unspecified atom stereocenters. The van der Waals surface area contributed by atoms with Crippen LogP contribution in [0.5, 0.6) is 0 Å². The molecule has 0 aliphatic carbocycles. The molecule has 0 bridgehead atoms. The number of rotatable bonds is 7. The lowest BCUT2D eigenvalue weighted by molar-refractivity contribution is -0.137. The molecule has 0 aliphatic rings. The van der Waals surface area contributed by atoms with Crippen LogP contribution in [-0.4, -0.2) is 36.9 Å². The summed E-state index contributed by atoms with van der Waals surface area (Å²) in [7, 11) is 1.66. The van der Waals surface area contributed by atoms with Gasteiger partial charge < -0.3 is 9.80 Å². The summed E-state index contributed by atoms with van der Waals surface area (Å²) >= 11 is 5.97. The van der Waals surface area contributed by atoms with Gasteiger partial charge >= 0.3 is 6.18 Å². The van der Waals surface area contributed by atoms with E-state index in [1.807, 2.05) is 6.92 Å². The molecule has 1 aromatic rings. The molecule has 0 saturated carbocycles. The van der Waals surface area contributed by atoms with Gasteiger partial charge in [-0.1, -0.05) is 24.9 Å². The van der Waals surface area contributed by atoms with E-state index in [-0.39, 0.29) is 29.6 Å². The van der Waals surface area contributed by atoms with E-state index in [2.05, 4.69) is 0 Å². The molecule has 140 valence electrons. The number of benzene rings is 1. The second-order valence-electron chi connectivity index (χ2n) is 5.75. The molecule has 4 nitrogen and oxygen atoms in total. The Morgan fingerprint density at radius 1 is 1.20 bits per heavy atom. The Morgan fingerprint density at radius 2 is 1.84 bits per heavy atom. The van der Waals surface area contributed by atoms with Crippen molar-refractivity contribution in [2.75, 3.05) is 25.0 Å². The number of anilines is 1. The SMILES string of the molecule is CCCCN(C)C(=O)CCN(C(C)=O)c1cc(C(F)(F)F)ccc1Cl. The van der Waals surface area contributed by atoms with Crippen molar-refractivity contribution in [3.63, 3.8) is 0 Å². The first-order chi connectivity index (χ1) is 11.6. The van der Waals surface area contributed by atoms with Gasteiger partial charge in [-0.2, -0.15) is 13.2 Å². The highest BCUT2D eigenvalue weighted by atomic mass is 35.5. The molecule has 25 heavy (non-hydrogen) atoms. The van der Waals surface area contributed by atoms with Crippen LogP contribution in [0.1, 0.15) is 38.7 Å².